The van der Waals surface area contributed by atoms with Crippen molar-refractivity contribution in [2.45, 2.75) is 44.8 Å². The summed E-state index contributed by atoms with van der Waals surface area (Å²) in [4.78, 5) is 11.2. The Labute approximate surface area is 119 Å². The first kappa shape index (κ1) is 13.1. The van der Waals surface area contributed by atoms with Crippen molar-refractivity contribution in [3.63, 3.8) is 0 Å². The Morgan fingerprint density at radius 3 is 3.00 bits per heavy atom. The van der Waals surface area contributed by atoms with Crippen LogP contribution in [0.2, 0.25) is 5.15 Å². The predicted octanol–water partition coefficient (Wildman–Crippen LogP) is 3.05. The van der Waals surface area contributed by atoms with Crippen LogP contribution in [0.15, 0.2) is 6.07 Å². The molecule has 1 saturated heterocycles. The Morgan fingerprint density at radius 2 is 2.16 bits per heavy atom. The zero-order chi connectivity index (χ0) is 13.2. The minimum absolute atomic E-state index is 0.412. The van der Waals surface area contributed by atoms with E-state index in [-0.39, 0.29) is 0 Å². The van der Waals surface area contributed by atoms with E-state index in [9.17, 15) is 0 Å². The topological polar surface area (TPSA) is 38.2 Å². The summed E-state index contributed by atoms with van der Waals surface area (Å²) in [5.74, 6) is 2.49. The molecule has 2 atom stereocenters. The Morgan fingerprint density at radius 1 is 1.32 bits per heavy atom. The Hall–Kier alpha value is -0.870. The second-order valence-corrected chi connectivity index (χ2v) is 5.88. The van der Waals surface area contributed by atoms with Crippen LogP contribution in [0.3, 0.4) is 0 Å². The van der Waals surface area contributed by atoms with Gasteiger partial charge in [0, 0.05) is 25.8 Å². The van der Waals surface area contributed by atoms with Crippen LogP contribution in [0.1, 0.15) is 37.9 Å². The number of nitrogens with zero attached hydrogens (tertiary/aromatic N) is 3. The van der Waals surface area contributed by atoms with Crippen LogP contribution in [0, 0.1) is 5.92 Å². The summed E-state index contributed by atoms with van der Waals surface area (Å²) in [6.45, 7) is 1.50. The summed E-state index contributed by atoms with van der Waals surface area (Å²) in [6.07, 6.45) is 6.65. The molecule has 2 aliphatic rings. The number of fused-ring (bicyclic) bond motifs is 1. The first-order chi connectivity index (χ1) is 9.28. The van der Waals surface area contributed by atoms with Gasteiger partial charge in [0.05, 0.1) is 0 Å². The number of hydrogen-bond donors (Lipinski definition) is 0. The van der Waals surface area contributed by atoms with Crippen molar-refractivity contribution in [3.8, 4) is 0 Å². The van der Waals surface area contributed by atoms with Gasteiger partial charge in [0.15, 0.2) is 5.82 Å². The maximum absolute atomic E-state index is 6.11. The average molecular weight is 282 g/mol. The molecule has 0 spiro atoms. The molecule has 4 nitrogen and oxygen atoms in total. The fraction of sp³-hybridized carbons (Fsp3) is 0.714. The molecule has 1 aliphatic carbocycles. The number of methoxy groups -OCH3 is 1. The Balaban J connectivity index is 1.85. The van der Waals surface area contributed by atoms with Crippen LogP contribution in [0.25, 0.3) is 0 Å². The highest BCUT2D eigenvalue weighted by Crippen LogP contribution is 2.38. The molecule has 104 valence electrons. The van der Waals surface area contributed by atoms with Crippen molar-refractivity contribution in [2.24, 2.45) is 5.92 Å². The predicted molar refractivity (Wildman–Crippen MR) is 75.5 cm³/mol. The van der Waals surface area contributed by atoms with E-state index in [0.717, 1.165) is 18.3 Å². The van der Waals surface area contributed by atoms with Gasteiger partial charge in [-0.15, -0.1) is 0 Å². The fourth-order valence-electron chi connectivity index (χ4n) is 3.48. The summed E-state index contributed by atoms with van der Waals surface area (Å²) >= 11 is 6.11. The molecule has 5 heteroatoms. The number of aromatic nitrogens is 2. The van der Waals surface area contributed by atoms with Gasteiger partial charge in [0.25, 0.3) is 0 Å². The van der Waals surface area contributed by atoms with Gasteiger partial charge >= 0.3 is 0 Å². The van der Waals surface area contributed by atoms with Crippen LogP contribution in [0.5, 0.6) is 0 Å². The van der Waals surface area contributed by atoms with Crippen molar-refractivity contribution in [2.75, 3.05) is 18.6 Å². The summed E-state index contributed by atoms with van der Waals surface area (Å²) in [5, 5.41) is 0.510. The van der Waals surface area contributed by atoms with Crippen molar-refractivity contribution in [1.82, 2.24) is 9.97 Å². The fourth-order valence-corrected chi connectivity index (χ4v) is 3.68. The van der Waals surface area contributed by atoms with Crippen molar-refractivity contribution in [1.29, 1.82) is 0 Å². The number of halogens is 1. The second kappa shape index (κ2) is 5.63. The third-order valence-corrected chi connectivity index (χ3v) is 4.50. The molecule has 19 heavy (non-hydrogen) atoms. The molecule has 3 rings (SSSR count). The van der Waals surface area contributed by atoms with Gasteiger partial charge in [0.1, 0.15) is 17.6 Å². The van der Waals surface area contributed by atoms with Crippen LogP contribution in [-0.2, 0) is 11.3 Å². The van der Waals surface area contributed by atoms with Gasteiger partial charge in [-0.2, -0.15) is 0 Å². The Bertz CT molecular complexity index is 454. The van der Waals surface area contributed by atoms with Gasteiger partial charge in [-0.25, -0.2) is 9.97 Å². The smallest absolute Gasteiger partial charge is 0.158 e. The van der Waals surface area contributed by atoms with Crippen molar-refractivity contribution >= 4 is 17.4 Å². The number of rotatable bonds is 3. The standard InChI is InChI=1S/C14H20ClN3O/c1-19-9-13-16-12(15)8-14(17-13)18-7-6-10-4-2-3-5-11(10)18/h8,10-11H,2-7,9H2,1H3. The minimum atomic E-state index is 0.412. The van der Waals surface area contributed by atoms with Crippen LogP contribution in [0.4, 0.5) is 5.82 Å². The normalized spacial score (nSPS) is 26.5. The van der Waals surface area contributed by atoms with Crippen LogP contribution >= 0.6 is 11.6 Å². The van der Waals surface area contributed by atoms with E-state index in [1.54, 1.807) is 7.11 Å². The van der Waals surface area contributed by atoms with E-state index in [0.29, 0.717) is 23.6 Å². The zero-order valence-electron chi connectivity index (χ0n) is 11.3. The molecule has 1 aliphatic heterocycles. The number of anilines is 1. The highest BCUT2D eigenvalue weighted by Gasteiger charge is 2.36. The van der Waals surface area contributed by atoms with Crippen LogP contribution < -0.4 is 4.90 Å². The molecule has 2 unspecified atom stereocenters. The van der Waals surface area contributed by atoms with Gasteiger partial charge < -0.3 is 9.64 Å². The highest BCUT2D eigenvalue weighted by atomic mass is 35.5. The van der Waals surface area contributed by atoms with Gasteiger partial charge in [-0.1, -0.05) is 24.4 Å². The lowest BCUT2D eigenvalue weighted by molar-refractivity contribution is 0.178. The molecule has 1 aromatic heterocycles. The summed E-state index contributed by atoms with van der Waals surface area (Å²) in [7, 11) is 1.65. The first-order valence-corrected chi connectivity index (χ1v) is 7.45. The SMILES string of the molecule is COCc1nc(Cl)cc(N2CCC3CCCCC32)n1. The van der Waals surface area contributed by atoms with E-state index in [4.69, 9.17) is 16.3 Å². The molecule has 0 amide bonds. The minimum Gasteiger partial charge on any atom is -0.377 e. The lowest BCUT2D eigenvalue weighted by Gasteiger charge is -2.32. The van der Waals surface area contributed by atoms with E-state index in [1.165, 1.54) is 32.1 Å². The van der Waals surface area contributed by atoms with Gasteiger partial charge in [-0.05, 0) is 25.2 Å². The second-order valence-electron chi connectivity index (χ2n) is 5.49. The monoisotopic (exact) mass is 281 g/mol. The maximum Gasteiger partial charge on any atom is 0.158 e. The molecular weight excluding hydrogens is 262 g/mol. The van der Waals surface area contributed by atoms with E-state index in [2.05, 4.69) is 14.9 Å². The summed E-state index contributed by atoms with van der Waals surface area (Å²) < 4.78 is 5.10. The quantitative estimate of drug-likeness (QED) is 0.798. The van der Waals surface area contributed by atoms with E-state index >= 15 is 0 Å². The van der Waals surface area contributed by atoms with Crippen molar-refractivity contribution in [3.05, 3.63) is 17.0 Å². The lowest BCUT2D eigenvalue weighted by atomic mass is 9.85. The first-order valence-electron chi connectivity index (χ1n) is 7.07. The van der Waals surface area contributed by atoms with Gasteiger partial charge in [0.2, 0.25) is 0 Å². The molecule has 1 aromatic rings. The molecule has 0 radical (unpaired) electrons. The lowest BCUT2D eigenvalue weighted by Crippen LogP contribution is -2.35. The highest BCUT2D eigenvalue weighted by molar-refractivity contribution is 6.29. The molecule has 0 bridgehead atoms. The summed E-state index contributed by atoms with van der Waals surface area (Å²) in [5.41, 5.74) is 0. The third-order valence-electron chi connectivity index (χ3n) is 4.31. The molecule has 2 fully saturated rings. The molecule has 1 saturated carbocycles. The third kappa shape index (κ3) is 2.70. The van der Waals surface area contributed by atoms with Crippen molar-refractivity contribution < 1.29 is 4.74 Å². The summed E-state index contributed by atoms with van der Waals surface area (Å²) in [6, 6.07) is 2.53. The van der Waals surface area contributed by atoms with Crippen LogP contribution in [-0.4, -0.2) is 29.7 Å². The average Bonchev–Trinajstić information content (AvgIpc) is 2.82. The largest absolute Gasteiger partial charge is 0.377 e. The van der Waals surface area contributed by atoms with E-state index in [1.807, 2.05) is 6.07 Å². The Kier molecular flexibility index (Phi) is 3.89. The van der Waals surface area contributed by atoms with E-state index < -0.39 is 0 Å². The molecular formula is C14H20ClN3O. The zero-order valence-corrected chi connectivity index (χ0v) is 12.1. The molecule has 2 heterocycles. The number of hydrogen-bond acceptors (Lipinski definition) is 4. The van der Waals surface area contributed by atoms with Gasteiger partial charge in [-0.3, -0.25) is 0 Å². The maximum atomic E-state index is 6.11. The molecule has 0 aromatic carbocycles. The molecule has 0 N–H and O–H groups in total. The number of ether oxygens (including phenoxy) is 1.